The van der Waals surface area contributed by atoms with Crippen LogP contribution in [-0.4, -0.2) is 36.7 Å². The van der Waals surface area contributed by atoms with Crippen molar-refractivity contribution >= 4 is 6.03 Å². The van der Waals surface area contributed by atoms with Gasteiger partial charge in [-0.3, -0.25) is 0 Å². The highest BCUT2D eigenvalue weighted by molar-refractivity contribution is 5.75. The molecular weight excluding hydrogens is 264 g/mol. The summed E-state index contributed by atoms with van der Waals surface area (Å²) in [6, 6.07) is 6.18. The highest BCUT2D eigenvalue weighted by Gasteiger charge is 2.46. The van der Waals surface area contributed by atoms with Crippen LogP contribution >= 0.6 is 0 Å². The largest absolute Gasteiger partial charge is 0.491 e. The molecule has 2 amide bonds. The number of fused-ring (bicyclic) bond motifs is 1. The van der Waals surface area contributed by atoms with Crippen LogP contribution in [0, 0.1) is 25.7 Å². The maximum atomic E-state index is 12.1. The van der Waals surface area contributed by atoms with Gasteiger partial charge in [-0.15, -0.1) is 0 Å². The van der Waals surface area contributed by atoms with Crippen LogP contribution < -0.4 is 10.1 Å². The van der Waals surface area contributed by atoms with Gasteiger partial charge in [-0.25, -0.2) is 4.79 Å². The Bertz CT molecular complexity index is 513. The highest BCUT2D eigenvalue weighted by Crippen LogP contribution is 2.44. The van der Waals surface area contributed by atoms with Crippen LogP contribution in [0.5, 0.6) is 5.75 Å². The van der Waals surface area contributed by atoms with Gasteiger partial charge in [-0.05, 0) is 50.2 Å². The van der Waals surface area contributed by atoms with E-state index in [1.165, 1.54) is 6.42 Å². The van der Waals surface area contributed by atoms with Gasteiger partial charge in [0.15, 0.2) is 0 Å². The number of urea groups is 1. The van der Waals surface area contributed by atoms with Gasteiger partial charge in [0.05, 0.1) is 6.04 Å². The van der Waals surface area contributed by atoms with E-state index >= 15 is 0 Å². The maximum absolute atomic E-state index is 12.1. The molecule has 1 aromatic carbocycles. The van der Waals surface area contributed by atoms with Crippen molar-refractivity contribution in [1.29, 1.82) is 0 Å². The van der Waals surface area contributed by atoms with Crippen molar-refractivity contribution in [3.63, 3.8) is 0 Å². The minimum Gasteiger partial charge on any atom is -0.491 e. The van der Waals surface area contributed by atoms with Gasteiger partial charge in [0.2, 0.25) is 0 Å². The Morgan fingerprint density at radius 2 is 1.95 bits per heavy atom. The SMILES string of the molecule is Cc1cccc(C)c1OCC(C)NC(=O)N1C[C@H]2C[C@H]2C1. The van der Waals surface area contributed by atoms with Crippen molar-refractivity contribution in [2.24, 2.45) is 11.8 Å². The molecule has 3 atom stereocenters. The molecule has 0 aromatic heterocycles. The number of hydrogen-bond acceptors (Lipinski definition) is 2. The molecule has 2 fully saturated rings. The van der Waals surface area contributed by atoms with Crippen molar-refractivity contribution in [3.05, 3.63) is 29.3 Å². The smallest absolute Gasteiger partial charge is 0.317 e. The summed E-state index contributed by atoms with van der Waals surface area (Å²) in [4.78, 5) is 14.1. The molecule has 1 heterocycles. The number of rotatable bonds is 4. The van der Waals surface area contributed by atoms with E-state index in [4.69, 9.17) is 4.74 Å². The van der Waals surface area contributed by atoms with E-state index in [1.54, 1.807) is 0 Å². The molecule has 1 saturated carbocycles. The molecule has 1 N–H and O–H groups in total. The second-order valence-corrected chi connectivity index (χ2v) is 6.54. The fourth-order valence-corrected chi connectivity index (χ4v) is 3.14. The second-order valence-electron chi connectivity index (χ2n) is 6.54. The van der Waals surface area contributed by atoms with E-state index < -0.39 is 0 Å². The number of nitrogens with one attached hydrogen (secondary N) is 1. The minimum atomic E-state index is 0.00781. The third-order valence-corrected chi connectivity index (χ3v) is 4.52. The van der Waals surface area contributed by atoms with Gasteiger partial charge >= 0.3 is 6.03 Å². The molecular formula is C17H24N2O2. The molecule has 0 radical (unpaired) electrons. The quantitative estimate of drug-likeness (QED) is 0.925. The number of likely N-dealkylation sites (tertiary alicyclic amines) is 1. The average Bonchev–Trinajstić information content (AvgIpc) is 3.04. The molecule has 114 valence electrons. The first kappa shape index (κ1) is 14.2. The Hall–Kier alpha value is -1.71. The fraction of sp³-hybridized carbons (Fsp3) is 0.588. The Morgan fingerprint density at radius 1 is 1.33 bits per heavy atom. The van der Waals surface area contributed by atoms with E-state index in [0.29, 0.717) is 6.61 Å². The predicted molar refractivity (Wildman–Crippen MR) is 82.6 cm³/mol. The number of ether oxygens (including phenoxy) is 1. The van der Waals surface area contributed by atoms with Crippen molar-refractivity contribution in [1.82, 2.24) is 10.2 Å². The minimum absolute atomic E-state index is 0.00781. The van der Waals surface area contributed by atoms with E-state index in [9.17, 15) is 4.79 Å². The summed E-state index contributed by atoms with van der Waals surface area (Å²) in [5.41, 5.74) is 2.27. The molecule has 4 heteroatoms. The third kappa shape index (κ3) is 3.14. The summed E-state index contributed by atoms with van der Waals surface area (Å²) < 4.78 is 5.89. The van der Waals surface area contributed by atoms with Gasteiger partial charge < -0.3 is 15.0 Å². The first-order valence-electron chi connectivity index (χ1n) is 7.79. The van der Waals surface area contributed by atoms with Crippen molar-refractivity contribution < 1.29 is 9.53 Å². The van der Waals surface area contributed by atoms with Crippen molar-refractivity contribution in [2.75, 3.05) is 19.7 Å². The van der Waals surface area contributed by atoms with Gasteiger partial charge in [0.1, 0.15) is 12.4 Å². The van der Waals surface area contributed by atoms with Crippen LogP contribution in [0.25, 0.3) is 0 Å². The Kier molecular flexibility index (Phi) is 3.79. The summed E-state index contributed by atoms with van der Waals surface area (Å²) in [7, 11) is 0. The zero-order chi connectivity index (χ0) is 15.0. The molecule has 21 heavy (non-hydrogen) atoms. The lowest BCUT2D eigenvalue weighted by atomic mass is 10.1. The number of benzene rings is 1. The summed E-state index contributed by atoms with van der Waals surface area (Å²) in [6.07, 6.45) is 1.31. The number of para-hydroxylation sites is 1. The van der Waals surface area contributed by atoms with Crippen LogP contribution in [0.2, 0.25) is 0 Å². The van der Waals surface area contributed by atoms with E-state index in [1.807, 2.05) is 43.9 Å². The van der Waals surface area contributed by atoms with Crippen LogP contribution in [0.1, 0.15) is 24.5 Å². The molecule has 1 aromatic rings. The Balaban J connectivity index is 1.47. The third-order valence-electron chi connectivity index (χ3n) is 4.52. The number of carbonyl (C=O) groups excluding carboxylic acids is 1. The predicted octanol–water partition coefficient (Wildman–Crippen LogP) is 2.73. The molecule has 3 rings (SSSR count). The number of nitrogens with zero attached hydrogens (tertiary/aromatic N) is 1. The summed E-state index contributed by atoms with van der Waals surface area (Å²) in [5, 5.41) is 3.03. The molecule has 1 saturated heterocycles. The maximum Gasteiger partial charge on any atom is 0.317 e. The molecule has 1 aliphatic heterocycles. The van der Waals surface area contributed by atoms with Gasteiger partial charge in [-0.2, -0.15) is 0 Å². The zero-order valence-electron chi connectivity index (χ0n) is 13.1. The number of aryl methyl sites for hydroxylation is 2. The van der Waals surface area contributed by atoms with E-state index in [2.05, 4.69) is 5.32 Å². The lowest BCUT2D eigenvalue weighted by Crippen LogP contribution is -2.45. The summed E-state index contributed by atoms with van der Waals surface area (Å²) in [5.74, 6) is 2.48. The highest BCUT2D eigenvalue weighted by atomic mass is 16.5. The first-order chi connectivity index (χ1) is 10.0. The van der Waals surface area contributed by atoms with Crippen LogP contribution in [0.15, 0.2) is 18.2 Å². The molecule has 1 unspecified atom stereocenters. The van der Waals surface area contributed by atoms with E-state index in [-0.39, 0.29) is 12.1 Å². The zero-order valence-corrected chi connectivity index (χ0v) is 13.1. The molecule has 0 spiro atoms. The summed E-state index contributed by atoms with van der Waals surface area (Å²) in [6.45, 7) is 8.44. The van der Waals surface area contributed by atoms with Gasteiger partial charge in [0.25, 0.3) is 0 Å². The normalized spacial score (nSPS) is 24.4. The number of hydrogen-bond donors (Lipinski definition) is 1. The number of carbonyl (C=O) groups is 1. The van der Waals surface area contributed by atoms with Crippen LogP contribution in [0.3, 0.4) is 0 Å². The topological polar surface area (TPSA) is 41.6 Å². The van der Waals surface area contributed by atoms with Gasteiger partial charge in [0, 0.05) is 13.1 Å². The fourth-order valence-electron chi connectivity index (χ4n) is 3.14. The van der Waals surface area contributed by atoms with Crippen molar-refractivity contribution in [3.8, 4) is 5.75 Å². The monoisotopic (exact) mass is 288 g/mol. The average molecular weight is 288 g/mol. The lowest BCUT2D eigenvalue weighted by Gasteiger charge is -2.22. The van der Waals surface area contributed by atoms with Crippen molar-refractivity contribution in [2.45, 2.75) is 33.2 Å². The Labute approximate surface area is 126 Å². The Morgan fingerprint density at radius 3 is 2.57 bits per heavy atom. The standard InChI is InChI=1S/C17H24N2O2/c1-11-5-4-6-12(2)16(11)21-10-13(3)18-17(20)19-8-14-7-15(14)9-19/h4-6,13-15H,7-10H2,1-3H3,(H,18,20)/t13?,14-,15+. The molecule has 2 aliphatic rings. The summed E-state index contributed by atoms with van der Waals surface area (Å²) >= 11 is 0. The molecule has 4 nitrogen and oxygen atoms in total. The molecule has 0 bridgehead atoms. The van der Waals surface area contributed by atoms with Crippen LogP contribution in [-0.2, 0) is 0 Å². The first-order valence-corrected chi connectivity index (χ1v) is 7.79. The lowest BCUT2D eigenvalue weighted by molar-refractivity contribution is 0.192. The number of amides is 2. The number of piperidine rings is 1. The van der Waals surface area contributed by atoms with Gasteiger partial charge in [-0.1, -0.05) is 18.2 Å². The molecule has 1 aliphatic carbocycles. The van der Waals surface area contributed by atoms with Crippen LogP contribution in [0.4, 0.5) is 4.79 Å². The second kappa shape index (κ2) is 5.58. The van der Waals surface area contributed by atoms with E-state index in [0.717, 1.165) is 41.8 Å².